The summed E-state index contributed by atoms with van der Waals surface area (Å²) in [7, 11) is 0. The van der Waals surface area contributed by atoms with Crippen molar-refractivity contribution in [3.05, 3.63) is 57.3 Å². The van der Waals surface area contributed by atoms with Crippen molar-refractivity contribution >= 4 is 45.8 Å². The summed E-state index contributed by atoms with van der Waals surface area (Å²) in [5.41, 5.74) is 4.38. The fourth-order valence-corrected chi connectivity index (χ4v) is 3.86. The third kappa shape index (κ3) is 3.95. The van der Waals surface area contributed by atoms with Crippen LogP contribution in [0.4, 0.5) is 5.82 Å². The smallest absolute Gasteiger partial charge is 0.239 e. The van der Waals surface area contributed by atoms with Gasteiger partial charge in [0.2, 0.25) is 5.91 Å². The molecule has 0 aliphatic carbocycles. The van der Waals surface area contributed by atoms with Crippen molar-refractivity contribution in [1.29, 1.82) is 0 Å². The van der Waals surface area contributed by atoms with Crippen molar-refractivity contribution in [2.75, 3.05) is 25.0 Å². The van der Waals surface area contributed by atoms with Gasteiger partial charge in [0.15, 0.2) is 0 Å². The lowest BCUT2D eigenvalue weighted by atomic mass is 10.1. The Hall–Kier alpha value is -2.08. The molecular formula is C20H20Cl2N4O. The Morgan fingerprint density at radius 3 is 2.85 bits per heavy atom. The van der Waals surface area contributed by atoms with Gasteiger partial charge < -0.3 is 10.3 Å². The summed E-state index contributed by atoms with van der Waals surface area (Å²) in [5.74, 6) is 0.463. The minimum atomic E-state index is -0.0670. The van der Waals surface area contributed by atoms with Crippen molar-refractivity contribution < 1.29 is 4.79 Å². The van der Waals surface area contributed by atoms with E-state index >= 15 is 0 Å². The number of nitrogens with zero attached hydrogens (tertiary/aromatic N) is 2. The molecule has 0 saturated heterocycles. The number of amides is 1. The number of rotatable bonds is 3. The standard InChI is InChI=1S/C20H20Cl2N4O/c1-12-16(22)3-5-19(23-12)25-20(27)11-26-8-6-14-15-10-13(21)2-4-17(15)24-18(14)7-9-26/h2-5,10,24H,6-9,11H2,1H3,(H,23,25,27). The number of H-pyrrole nitrogens is 1. The van der Waals surface area contributed by atoms with E-state index in [0.717, 1.165) is 36.5 Å². The van der Waals surface area contributed by atoms with Crippen LogP contribution in [0.5, 0.6) is 0 Å². The molecule has 0 unspecified atom stereocenters. The Balaban J connectivity index is 1.41. The number of fused-ring (bicyclic) bond motifs is 3. The van der Waals surface area contributed by atoms with Gasteiger partial charge in [0.05, 0.1) is 17.3 Å². The van der Waals surface area contributed by atoms with Crippen molar-refractivity contribution in [3.8, 4) is 0 Å². The van der Waals surface area contributed by atoms with E-state index in [1.165, 1.54) is 16.6 Å². The molecule has 0 bridgehead atoms. The van der Waals surface area contributed by atoms with Gasteiger partial charge in [-0.15, -0.1) is 0 Å². The van der Waals surface area contributed by atoms with Crippen molar-refractivity contribution in [1.82, 2.24) is 14.9 Å². The van der Waals surface area contributed by atoms with Gasteiger partial charge in [-0.3, -0.25) is 9.69 Å². The number of hydrogen-bond donors (Lipinski definition) is 2. The first-order chi connectivity index (χ1) is 13.0. The van der Waals surface area contributed by atoms with Gasteiger partial charge >= 0.3 is 0 Å². The minimum Gasteiger partial charge on any atom is -0.358 e. The van der Waals surface area contributed by atoms with Gasteiger partial charge in [0, 0.05) is 41.1 Å². The van der Waals surface area contributed by atoms with Gasteiger partial charge in [0.1, 0.15) is 5.82 Å². The molecule has 27 heavy (non-hydrogen) atoms. The van der Waals surface area contributed by atoms with Crippen molar-refractivity contribution in [2.45, 2.75) is 19.8 Å². The summed E-state index contributed by atoms with van der Waals surface area (Å²) >= 11 is 12.1. The summed E-state index contributed by atoms with van der Waals surface area (Å²) in [4.78, 5) is 22.4. The highest BCUT2D eigenvalue weighted by molar-refractivity contribution is 6.31. The molecule has 140 valence electrons. The predicted molar refractivity (Wildman–Crippen MR) is 110 cm³/mol. The molecule has 1 aliphatic heterocycles. The first kappa shape index (κ1) is 18.3. The van der Waals surface area contributed by atoms with Gasteiger partial charge in [-0.05, 0) is 49.2 Å². The predicted octanol–water partition coefficient (Wildman–Crippen LogP) is 4.22. The quantitative estimate of drug-likeness (QED) is 0.689. The Bertz CT molecular complexity index is 1010. The number of halogens is 2. The summed E-state index contributed by atoms with van der Waals surface area (Å²) < 4.78 is 0. The molecule has 3 heterocycles. The van der Waals surface area contributed by atoms with Crippen LogP contribution in [0.15, 0.2) is 30.3 Å². The lowest BCUT2D eigenvalue weighted by molar-refractivity contribution is -0.117. The second-order valence-electron chi connectivity index (χ2n) is 6.86. The normalized spacial score (nSPS) is 14.8. The highest BCUT2D eigenvalue weighted by Crippen LogP contribution is 2.28. The molecule has 7 heteroatoms. The first-order valence-electron chi connectivity index (χ1n) is 8.94. The summed E-state index contributed by atoms with van der Waals surface area (Å²) in [6.07, 6.45) is 1.77. The molecule has 2 aromatic heterocycles. The van der Waals surface area contributed by atoms with Crippen LogP contribution >= 0.6 is 23.2 Å². The number of carbonyl (C=O) groups excluding carboxylic acids is 1. The van der Waals surface area contributed by atoms with E-state index < -0.39 is 0 Å². The number of pyridine rings is 1. The van der Waals surface area contributed by atoms with Crippen molar-refractivity contribution in [2.24, 2.45) is 0 Å². The van der Waals surface area contributed by atoms with Gasteiger partial charge in [0.25, 0.3) is 0 Å². The number of aromatic amines is 1. The molecule has 0 radical (unpaired) electrons. The molecule has 2 N–H and O–H groups in total. The Kier molecular flexibility index (Phi) is 5.08. The van der Waals surface area contributed by atoms with Gasteiger partial charge in [-0.25, -0.2) is 4.98 Å². The zero-order valence-corrected chi connectivity index (χ0v) is 16.5. The SMILES string of the molecule is Cc1nc(NC(=O)CN2CCc3[nH]c4ccc(Cl)cc4c3CC2)ccc1Cl. The van der Waals surface area contributed by atoms with Crippen LogP contribution in [0.3, 0.4) is 0 Å². The summed E-state index contributed by atoms with van der Waals surface area (Å²) in [5, 5.41) is 5.38. The largest absolute Gasteiger partial charge is 0.358 e. The number of hydrogen-bond acceptors (Lipinski definition) is 3. The monoisotopic (exact) mass is 402 g/mol. The van der Waals surface area contributed by atoms with Gasteiger partial charge in [-0.2, -0.15) is 0 Å². The van der Waals surface area contributed by atoms with Crippen molar-refractivity contribution in [3.63, 3.8) is 0 Å². The Labute approximate surface area is 167 Å². The average molecular weight is 403 g/mol. The number of aryl methyl sites for hydroxylation is 1. The number of nitrogens with one attached hydrogen (secondary N) is 2. The third-order valence-corrected chi connectivity index (χ3v) is 5.60. The maximum atomic E-state index is 12.4. The van der Waals surface area contributed by atoms with Crippen LogP contribution in [0.25, 0.3) is 10.9 Å². The molecule has 1 amide bonds. The van der Waals surface area contributed by atoms with E-state index in [2.05, 4.69) is 20.2 Å². The molecule has 1 aliphatic rings. The molecule has 3 aromatic rings. The molecule has 0 fully saturated rings. The maximum Gasteiger partial charge on any atom is 0.239 e. The highest BCUT2D eigenvalue weighted by Gasteiger charge is 2.20. The minimum absolute atomic E-state index is 0.0670. The van der Waals surface area contributed by atoms with Crippen LogP contribution in [0.2, 0.25) is 10.0 Å². The first-order valence-corrected chi connectivity index (χ1v) is 9.69. The third-order valence-electron chi connectivity index (χ3n) is 4.97. The zero-order chi connectivity index (χ0) is 19.0. The lowest BCUT2D eigenvalue weighted by Crippen LogP contribution is -2.35. The van der Waals surface area contributed by atoms with Crippen LogP contribution in [-0.4, -0.2) is 40.4 Å². The molecule has 4 rings (SSSR count). The molecule has 0 spiro atoms. The number of aromatic nitrogens is 2. The lowest BCUT2D eigenvalue weighted by Gasteiger charge is -2.19. The van der Waals surface area contributed by atoms with E-state index in [1.807, 2.05) is 25.1 Å². The van der Waals surface area contributed by atoms with Crippen LogP contribution in [0, 0.1) is 6.92 Å². The number of benzene rings is 1. The van der Waals surface area contributed by atoms with Crippen LogP contribution in [0.1, 0.15) is 17.0 Å². The molecule has 0 saturated carbocycles. The fourth-order valence-electron chi connectivity index (χ4n) is 3.58. The second-order valence-corrected chi connectivity index (χ2v) is 7.70. The van der Waals surface area contributed by atoms with Gasteiger partial charge in [-0.1, -0.05) is 23.2 Å². The van der Waals surface area contributed by atoms with Crippen LogP contribution in [-0.2, 0) is 17.6 Å². The topological polar surface area (TPSA) is 61.0 Å². The Morgan fingerprint density at radius 1 is 1.22 bits per heavy atom. The highest BCUT2D eigenvalue weighted by atomic mass is 35.5. The molecule has 5 nitrogen and oxygen atoms in total. The number of carbonyl (C=O) groups is 1. The summed E-state index contributed by atoms with van der Waals surface area (Å²) in [6.45, 7) is 3.81. The molecule has 1 aromatic carbocycles. The van der Waals surface area contributed by atoms with Crippen LogP contribution < -0.4 is 5.32 Å². The second kappa shape index (κ2) is 7.50. The average Bonchev–Trinajstić information content (AvgIpc) is 2.85. The Morgan fingerprint density at radius 2 is 2.04 bits per heavy atom. The van der Waals surface area contributed by atoms with E-state index in [4.69, 9.17) is 23.2 Å². The fraction of sp³-hybridized carbons (Fsp3) is 0.300. The van der Waals surface area contributed by atoms with E-state index in [1.54, 1.807) is 12.1 Å². The molecular weight excluding hydrogens is 383 g/mol. The number of anilines is 1. The zero-order valence-electron chi connectivity index (χ0n) is 15.0. The molecule has 0 atom stereocenters. The maximum absolute atomic E-state index is 12.4. The van der Waals surface area contributed by atoms with E-state index in [0.29, 0.717) is 23.1 Å². The van der Waals surface area contributed by atoms with E-state index in [-0.39, 0.29) is 5.91 Å². The summed E-state index contributed by atoms with van der Waals surface area (Å²) in [6, 6.07) is 9.41. The van der Waals surface area contributed by atoms with E-state index in [9.17, 15) is 4.79 Å².